The van der Waals surface area contributed by atoms with Gasteiger partial charge in [0.25, 0.3) is 0 Å². The molecule has 9 N–H and O–H groups in total. The smallest absolute Gasteiger partial charge is 0.326 e. The largest absolute Gasteiger partial charge is 0.480 e. The molecule has 0 heterocycles. The van der Waals surface area contributed by atoms with Crippen LogP contribution in [0.15, 0.2) is 4.99 Å². The predicted octanol–water partition coefficient (Wildman–Crippen LogP) is -1.60. The Bertz CT molecular complexity index is 510. The van der Waals surface area contributed by atoms with Crippen LogP contribution in [0.3, 0.4) is 0 Å². The molecule has 0 aliphatic heterocycles. The number of hydrogen-bond acceptors (Lipinski definition) is 6. The third-order valence-corrected chi connectivity index (χ3v) is 3.80. The molecule has 10 nitrogen and oxygen atoms in total. The number of amides is 2. The van der Waals surface area contributed by atoms with E-state index in [2.05, 4.69) is 28.3 Å². The Morgan fingerprint density at radius 2 is 1.69 bits per heavy atom. The summed E-state index contributed by atoms with van der Waals surface area (Å²) in [5.41, 5.74) is 16.2. The van der Waals surface area contributed by atoms with E-state index in [1.165, 1.54) is 0 Å². The first-order valence-electron chi connectivity index (χ1n) is 8.33. The van der Waals surface area contributed by atoms with Crippen LogP contribution in [0.25, 0.3) is 0 Å². The van der Waals surface area contributed by atoms with E-state index in [1.54, 1.807) is 0 Å². The number of nitrogens with one attached hydrogen (secondary N) is 2. The molecule has 0 bridgehead atoms. The lowest BCUT2D eigenvalue weighted by molar-refractivity contribution is -0.142. The van der Waals surface area contributed by atoms with Crippen molar-refractivity contribution in [1.82, 2.24) is 10.6 Å². The number of nitrogens with zero attached hydrogens (tertiary/aromatic N) is 1. The van der Waals surface area contributed by atoms with Gasteiger partial charge in [0.05, 0.1) is 6.04 Å². The highest BCUT2D eigenvalue weighted by molar-refractivity contribution is 7.80. The average molecular weight is 391 g/mol. The molecule has 0 aliphatic carbocycles. The number of hydrogen-bond donors (Lipinski definition) is 7. The second-order valence-corrected chi connectivity index (χ2v) is 6.69. The molecular weight excluding hydrogens is 360 g/mol. The Hall–Kier alpha value is -2.01. The van der Waals surface area contributed by atoms with E-state index in [9.17, 15) is 19.5 Å². The molecular formula is C15H30N6O4S. The van der Waals surface area contributed by atoms with Gasteiger partial charge in [-0.15, -0.1) is 0 Å². The van der Waals surface area contributed by atoms with E-state index in [1.807, 2.05) is 13.8 Å². The number of carboxylic acids is 1. The van der Waals surface area contributed by atoms with Gasteiger partial charge in [-0.1, -0.05) is 13.8 Å². The summed E-state index contributed by atoms with van der Waals surface area (Å²) in [5.74, 6) is -2.17. The van der Waals surface area contributed by atoms with Crippen molar-refractivity contribution in [2.75, 3.05) is 12.3 Å². The molecule has 3 unspecified atom stereocenters. The Morgan fingerprint density at radius 1 is 1.12 bits per heavy atom. The molecule has 3 atom stereocenters. The minimum Gasteiger partial charge on any atom is -0.480 e. The second kappa shape index (κ2) is 12.4. The molecule has 0 aromatic carbocycles. The van der Waals surface area contributed by atoms with Crippen LogP contribution in [0.5, 0.6) is 0 Å². The Kier molecular flexibility index (Phi) is 11.4. The third-order valence-electron chi connectivity index (χ3n) is 3.44. The van der Waals surface area contributed by atoms with Gasteiger partial charge in [-0.05, 0) is 25.2 Å². The highest BCUT2D eigenvalue weighted by Gasteiger charge is 2.27. The lowest BCUT2D eigenvalue weighted by atomic mass is 10.0. The fourth-order valence-electron chi connectivity index (χ4n) is 2.12. The lowest BCUT2D eigenvalue weighted by Gasteiger charge is -2.22. The van der Waals surface area contributed by atoms with Crippen molar-refractivity contribution in [3.63, 3.8) is 0 Å². The number of guanidine groups is 1. The lowest BCUT2D eigenvalue weighted by Crippen LogP contribution is -2.55. The fraction of sp³-hybridized carbons (Fsp3) is 0.733. The Labute approximate surface area is 158 Å². The van der Waals surface area contributed by atoms with Gasteiger partial charge in [-0.25, -0.2) is 4.79 Å². The van der Waals surface area contributed by atoms with Crippen LogP contribution >= 0.6 is 12.6 Å². The predicted molar refractivity (Wildman–Crippen MR) is 103 cm³/mol. The quantitative estimate of drug-likeness (QED) is 0.0904. The standard InChI is InChI=1S/C15H30N6O4S/c1-8(2)6-9(16)12(22)21-11(7-26)13(23)20-10(14(24)25)4-3-5-19-15(17)18/h8-11,26H,3-7,16H2,1-2H3,(H,20,23)(H,21,22)(H,24,25)(H4,17,18,19). The van der Waals surface area contributed by atoms with Crippen molar-refractivity contribution in [1.29, 1.82) is 0 Å². The molecule has 150 valence electrons. The third kappa shape index (κ3) is 10.1. The van der Waals surface area contributed by atoms with Gasteiger partial charge in [0.15, 0.2) is 5.96 Å². The van der Waals surface area contributed by atoms with Crippen LogP contribution in [0.4, 0.5) is 0 Å². The molecule has 0 spiro atoms. The summed E-state index contributed by atoms with van der Waals surface area (Å²) >= 11 is 4.04. The van der Waals surface area contributed by atoms with Crippen molar-refractivity contribution < 1.29 is 19.5 Å². The van der Waals surface area contributed by atoms with Gasteiger partial charge in [0.2, 0.25) is 11.8 Å². The summed E-state index contributed by atoms with van der Waals surface area (Å²) in [6.45, 7) is 4.10. The van der Waals surface area contributed by atoms with Gasteiger partial charge in [0, 0.05) is 12.3 Å². The van der Waals surface area contributed by atoms with Gasteiger partial charge in [-0.2, -0.15) is 12.6 Å². The molecule has 0 aliphatic rings. The van der Waals surface area contributed by atoms with Gasteiger partial charge >= 0.3 is 5.97 Å². The Balaban J connectivity index is 4.69. The van der Waals surface area contributed by atoms with Crippen molar-refractivity contribution in [3.8, 4) is 0 Å². The first kappa shape index (κ1) is 24.0. The molecule has 0 radical (unpaired) electrons. The number of aliphatic carboxylic acids is 1. The number of thiol groups is 1. The van der Waals surface area contributed by atoms with Crippen LogP contribution in [0.2, 0.25) is 0 Å². The Morgan fingerprint density at radius 3 is 2.15 bits per heavy atom. The van der Waals surface area contributed by atoms with E-state index in [-0.39, 0.29) is 30.6 Å². The van der Waals surface area contributed by atoms with Crippen molar-refractivity contribution >= 4 is 36.4 Å². The fourth-order valence-corrected chi connectivity index (χ4v) is 2.38. The van der Waals surface area contributed by atoms with Crippen LogP contribution in [-0.2, 0) is 14.4 Å². The second-order valence-electron chi connectivity index (χ2n) is 6.33. The normalized spacial score (nSPS) is 14.2. The molecule has 0 aromatic rings. The summed E-state index contributed by atoms with van der Waals surface area (Å²) in [6.07, 6.45) is 0.972. The van der Waals surface area contributed by atoms with Crippen LogP contribution < -0.4 is 27.8 Å². The van der Waals surface area contributed by atoms with Gasteiger partial charge in [0.1, 0.15) is 12.1 Å². The van der Waals surface area contributed by atoms with E-state index in [4.69, 9.17) is 17.2 Å². The molecule has 2 amide bonds. The summed E-state index contributed by atoms with van der Waals surface area (Å²) in [5, 5.41) is 14.1. The zero-order valence-electron chi connectivity index (χ0n) is 15.1. The maximum absolute atomic E-state index is 12.3. The van der Waals surface area contributed by atoms with E-state index < -0.39 is 35.9 Å². The molecule has 26 heavy (non-hydrogen) atoms. The van der Waals surface area contributed by atoms with Crippen molar-refractivity contribution in [2.24, 2.45) is 28.1 Å². The first-order valence-corrected chi connectivity index (χ1v) is 8.97. The summed E-state index contributed by atoms with van der Waals surface area (Å²) in [7, 11) is 0. The number of carbonyl (C=O) groups excluding carboxylic acids is 2. The van der Waals surface area contributed by atoms with Gasteiger partial charge in [-0.3, -0.25) is 14.6 Å². The van der Waals surface area contributed by atoms with Crippen LogP contribution in [0.1, 0.15) is 33.1 Å². The molecule has 0 saturated heterocycles. The first-order chi connectivity index (χ1) is 12.1. The monoisotopic (exact) mass is 390 g/mol. The van der Waals surface area contributed by atoms with Crippen LogP contribution in [0, 0.1) is 5.92 Å². The zero-order valence-corrected chi connectivity index (χ0v) is 16.0. The number of rotatable bonds is 12. The molecule has 0 aromatic heterocycles. The molecule has 0 fully saturated rings. The maximum atomic E-state index is 12.3. The number of nitrogens with two attached hydrogens (primary N) is 3. The summed E-state index contributed by atoms with van der Waals surface area (Å²) < 4.78 is 0. The molecule has 11 heteroatoms. The average Bonchev–Trinajstić information content (AvgIpc) is 2.53. The number of carbonyl (C=O) groups is 3. The SMILES string of the molecule is CC(C)CC(N)C(=O)NC(CS)C(=O)NC(CCCN=C(N)N)C(=O)O. The topological polar surface area (TPSA) is 186 Å². The van der Waals surface area contributed by atoms with Gasteiger partial charge < -0.3 is 32.9 Å². The zero-order chi connectivity index (χ0) is 20.3. The minimum absolute atomic E-state index is 0.00626. The maximum Gasteiger partial charge on any atom is 0.326 e. The highest BCUT2D eigenvalue weighted by Crippen LogP contribution is 2.04. The number of aliphatic imine (C=N–C) groups is 1. The molecule has 0 saturated carbocycles. The molecule has 0 rings (SSSR count). The van der Waals surface area contributed by atoms with Crippen molar-refractivity contribution in [3.05, 3.63) is 0 Å². The summed E-state index contributed by atoms with van der Waals surface area (Å²) in [6, 6.07) is -2.86. The summed E-state index contributed by atoms with van der Waals surface area (Å²) in [4.78, 5) is 39.4. The van der Waals surface area contributed by atoms with E-state index >= 15 is 0 Å². The minimum atomic E-state index is -1.19. The number of carboxylic acid groups (broad SMARTS) is 1. The van der Waals surface area contributed by atoms with Crippen molar-refractivity contribution in [2.45, 2.75) is 51.2 Å². The van der Waals surface area contributed by atoms with E-state index in [0.717, 1.165) is 0 Å². The van der Waals surface area contributed by atoms with Crippen LogP contribution in [-0.4, -0.2) is 59.3 Å². The highest BCUT2D eigenvalue weighted by atomic mass is 32.1. The van der Waals surface area contributed by atoms with E-state index in [0.29, 0.717) is 12.8 Å².